The van der Waals surface area contributed by atoms with Gasteiger partial charge in [0.25, 0.3) is 0 Å². The molecule has 0 bridgehead atoms. The van der Waals surface area contributed by atoms with Crippen molar-refractivity contribution in [3.63, 3.8) is 0 Å². The molecule has 4 heteroatoms. The second-order valence-electron chi connectivity index (χ2n) is 3.68. The second kappa shape index (κ2) is 4.96. The van der Waals surface area contributed by atoms with E-state index in [4.69, 9.17) is 5.73 Å². The highest BCUT2D eigenvalue weighted by Gasteiger charge is 2.18. The molecular formula is C11H16BrNO2. The third kappa shape index (κ3) is 2.51. The van der Waals surface area contributed by atoms with Crippen LogP contribution in [0, 0.1) is 13.8 Å². The maximum atomic E-state index is 9.91. The van der Waals surface area contributed by atoms with Crippen LogP contribution in [-0.4, -0.2) is 16.8 Å². The average Bonchev–Trinajstić information content (AvgIpc) is 2.15. The number of hydrogen-bond donors (Lipinski definition) is 3. The predicted octanol–water partition coefficient (Wildman–Crippen LogP) is 2.15. The van der Waals surface area contributed by atoms with E-state index in [9.17, 15) is 10.2 Å². The molecule has 0 aliphatic carbocycles. The van der Waals surface area contributed by atoms with Crippen LogP contribution in [0.3, 0.4) is 0 Å². The van der Waals surface area contributed by atoms with Crippen LogP contribution in [-0.2, 0) is 0 Å². The third-order valence-electron chi connectivity index (χ3n) is 2.44. The SMILES string of the molecule is Cc1cc(C)c(C(O)CCN)c(O)c1Br. The van der Waals surface area contributed by atoms with Crippen molar-refractivity contribution < 1.29 is 10.2 Å². The first-order valence-electron chi connectivity index (χ1n) is 4.85. The van der Waals surface area contributed by atoms with Gasteiger partial charge in [-0.1, -0.05) is 6.07 Å². The van der Waals surface area contributed by atoms with Gasteiger partial charge in [-0.25, -0.2) is 0 Å². The molecule has 84 valence electrons. The molecule has 0 saturated heterocycles. The molecule has 15 heavy (non-hydrogen) atoms. The molecule has 1 aromatic rings. The molecule has 0 amide bonds. The van der Waals surface area contributed by atoms with Crippen molar-refractivity contribution >= 4 is 15.9 Å². The molecule has 1 aromatic carbocycles. The number of halogens is 1. The fourth-order valence-electron chi connectivity index (χ4n) is 1.68. The lowest BCUT2D eigenvalue weighted by Crippen LogP contribution is -2.08. The zero-order valence-electron chi connectivity index (χ0n) is 8.92. The number of aliphatic hydroxyl groups is 1. The second-order valence-corrected chi connectivity index (χ2v) is 4.47. The minimum atomic E-state index is -0.702. The minimum Gasteiger partial charge on any atom is -0.506 e. The number of aromatic hydroxyl groups is 1. The van der Waals surface area contributed by atoms with Crippen LogP contribution in [0.4, 0.5) is 0 Å². The molecule has 0 saturated carbocycles. The summed E-state index contributed by atoms with van der Waals surface area (Å²) in [5.41, 5.74) is 7.79. The fraction of sp³-hybridized carbons (Fsp3) is 0.455. The Balaban J connectivity index is 3.23. The van der Waals surface area contributed by atoms with Crippen LogP contribution in [0.2, 0.25) is 0 Å². The summed E-state index contributed by atoms with van der Waals surface area (Å²) in [6, 6.07) is 1.93. The van der Waals surface area contributed by atoms with Crippen molar-refractivity contribution in [2.45, 2.75) is 26.4 Å². The summed E-state index contributed by atoms with van der Waals surface area (Å²) in [5.74, 6) is 0.119. The van der Waals surface area contributed by atoms with Crippen molar-refractivity contribution in [1.29, 1.82) is 0 Å². The number of nitrogens with two attached hydrogens (primary N) is 1. The highest BCUT2D eigenvalue weighted by Crippen LogP contribution is 2.37. The van der Waals surface area contributed by atoms with Gasteiger partial charge in [-0.15, -0.1) is 0 Å². The number of benzene rings is 1. The molecule has 0 radical (unpaired) electrons. The molecule has 0 aliphatic heterocycles. The molecule has 0 aliphatic rings. The van der Waals surface area contributed by atoms with E-state index in [0.29, 0.717) is 23.0 Å². The molecule has 0 fully saturated rings. The molecule has 0 aromatic heterocycles. The van der Waals surface area contributed by atoms with E-state index < -0.39 is 6.10 Å². The molecule has 1 unspecified atom stereocenters. The molecule has 0 spiro atoms. The van der Waals surface area contributed by atoms with E-state index >= 15 is 0 Å². The Hall–Kier alpha value is -0.580. The summed E-state index contributed by atoms with van der Waals surface area (Å²) >= 11 is 3.29. The lowest BCUT2D eigenvalue weighted by molar-refractivity contribution is 0.165. The van der Waals surface area contributed by atoms with E-state index in [-0.39, 0.29) is 5.75 Å². The first kappa shape index (κ1) is 12.5. The Morgan fingerprint density at radius 2 is 2.00 bits per heavy atom. The quantitative estimate of drug-likeness (QED) is 0.791. The van der Waals surface area contributed by atoms with E-state index in [1.54, 1.807) is 0 Å². The Kier molecular flexibility index (Phi) is 4.13. The topological polar surface area (TPSA) is 66.5 Å². The maximum Gasteiger partial charge on any atom is 0.136 e. The van der Waals surface area contributed by atoms with Gasteiger partial charge in [0.1, 0.15) is 5.75 Å². The van der Waals surface area contributed by atoms with Gasteiger partial charge in [0, 0.05) is 5.56 Å². The number of rotatable bonds is 3. The monoisotopic (exact) mass is 273 g/mol. The van der Waals surface area contributed by atoms with Crippen LogP contribution < -0.4 is 5.73 Å². The van der Waals surface area contributed by atoms with Crippen LogP contribution in [0.5, 0.6) is 5.75 Å². The summed E-state index contributed by atoms with van der Waals surface area (Å²) in [6.07, 6.45) is -0.254. The number of hydrogen-bond acceptors (Lipinski definition) is 3. The Morgan fingerprint density at radius 1 is 1.40 bits per heavy atom. The summed E-state index contributed by atoms with van der Waals surface area (Å²) in [7, 11) is 0. The normalized spacial score (nSPS) is 12.9. The number of phenols is 1. The number of aryl methyl sites for hydroxylation is 2. The molecule has 0 heterocycles. The van der Waals surface area contributed by atoms with Gasteiger partial charge in [-0.3, -0.25) is 0 Å². The Labute approximate surface area is 98.1 Å². The first-order chi connectivity index (χ1) is 6.99. The summed E-state index contributed by atoms with van der Waals surface area (Å²) < 4.78 is 0.638. The van der Waals surface area contributed by atoms with Crippen molar-refractivity contribution in [1.82, 2.24) is 0 Å². The van der Waals surface area contributed by atoms with Crippen molar-refractivity contribution in [2.75, 3.05) is 6.54 Å². The van der Waals surface area contributed by atoms with E-state index in [1.165, 1.54) is 0 Å². The zero-order valence-corrected chi connectivity index (χ0v) is 10.5. The smallest absolute Gasteiger partial charge is 0.136 e. The van der Waals surface area contributed by atoms with Crippen molar-refractivity contribution in [3.8, 4) is 5.75 Å². The van der Waals surface area contributed by atoms with E-state index in [0.717, 1.165) is 11.1 Å². The summed E-state index contributed by atoms with van der Waals surface area (Å²) in [4.78, 5) is 0. The number of phenolic OH excluding ortho intramolecular Hbond substituents is 1. The summed E-state index contributed by atoms with van der Waals surface area (Å²) in [5, 5.41) is 19.7. The lowest BCUT2D eigenvalue weighted by Gasteiger charge is -2.17. The van der Waals surface area contributed by atoms with Gasteiger partial charge < -0.3 is 15.9 Å². The van der Waals surface area contributed by atoms with Gasteiger partial charge in [0.05, 0.1) is 10.6 Å². The molecular weight excluding hydrogens is 258 g/mol. The van der Waals surface area contributed by atoms with E-state index in [2.05, 4.69) is 15.9 Å². The van der Waals surface area contributed by atoms with Crippen LogP contribution in [0.25, 0.3) is 0 Å². The van der Waals surface area contributed by atoms with Crippen LogP contribution >= 0.6 is 15.9 Å². The van der Waals surface area contributed by atoms with Crippen molar-refractivity contribution in [3.05, 3.63) is 27.2 Å². The molecule has 3 nitrogen and oxygen atoms in total. The van der Waals surface area contributed by atoms with Gasteiger partial charge in [-0.2, -0.15) is 0 Å². The molecule has 1 atom stereocenters. The van der Waals surface area contributed by atoms with Gasteiger partial charge >= 0.3 is 0 Å². The highest BCUT2D eigenvalue weighted by molar-refractivity contribution is 9.10. The largest absolute Gasteiger partial charge is 0.506 e. The minimum absolute atomic E-state index is 0.119. The average molecular weight is 274 g/mol. The van der Waals surface area contributed by atoms with Crippen LogP contribution in [0.15, 0.2) is 10.5 Å². The number of aliphatic hydroxyl groups excluding tert-OH is 1. The fourth-order valence-corrected chi connectivity index (χ4v) is 2.01. The Bertz CT molecular complexity index is 366. The summed E-state index contributed by atoms with van der Waals surface area (Å²) in [6.45, 7) is 4.16. The maximum absolute atomic E-state index is 9.91. The van der Waals surface area contributed by atoms with Gasteiger partial charge in [-0.05, 0) is 53.9 Å². The zero-order chi connectivity index (χ0) is 11.6. The molecule has 4 N–H and O–H groups in total. The van der Waals surface area contributed by atoms with Gasteiger partial charge in [0.15, 0.2) is 0 Å². The van der Waals surface area contributed by atoms with E-state index in [1.807, 2.05) is 19.9 Å². The van der Waals surface area contributed by atoms with Crippen LogP contribution in [0.1, 0.15) is 29.2 Å². The first-order valence-corrected chi connectivity index (χ1v) is 5.65. The highest BCUT2D eigenvalue weighted by atomic mass is 79.9. The van der Waals surface area contributed by atoms with Crippen molar-refractivity contribution in [2.24, 2.45) is 5.73 Å². The Morgan fingerprint density at radius 3 is 2.53 bits per heavy atom. The molecule has 1 rings (SSSR count). The lowest BCUT2D eigenvalue weighted by atomic mass is 9.98. The predicted molar refractivity (Wildman–Crippen MR) is 63.9 cm³/mol. The third-order valence-corrected chi connectivity index (χ3v) is 3.44. The van der Waals surface area contributed by atoms with Gasteiger partial charge in [0.2, 0.25) is 0 Å². The standard InChI is InChI=1S/C11H16BrNO2/c1-6-5-7(2)10(12)11(15)9(6)8(14)3-4-13/h5,8,14-15H,3-4,13H2,1-2H3.